The zero-order valence-electron chi connectivity index (χ0n) is 8.74. The van der Waals surface area contributed by atoms with Gasteiger partial charge in [0.1, 0.15) is 6.54 Å². The van der Waals surface area contributed by atoms with E-state index >= 15 is 0 Å². The minimum atomic E-state index is -4.80. The highest BCUT2D eigenvalue weighted by Crippen LogP contribution is 2.24. The predicted molar refractivity (Wildman–Crippen MR) is 51.0 cm³/mol. The highest BCUT2D eigenvalue weighted by molar-refractivity contribution is 5.96. The highest BCUT2D eigenvalue weighted by Gasteiger charge is 2.49. The average molecular weight is 268 g/mol. The van der Waals surface area contributed by atoms with Crippen LogP contribution >= 0.6 is 0 Å². The molecule has 0 bridgehead atoms. The minimum absolute atomic E-state index is 0.249. The van der Waals surface area contributed by atoms with Gasteiger partial charge in [0, 0.05) is 6.20 Å². The van der Waals surface area contributed by atoms with Crippen LogP contribution in [0.25, 0.3) is 0 Å². The molecule has 1 rings (SSSR count). The number of carbonyl (C=O) groups is 2. The van der Waals surface area contributed by atoms with Crippen molar-refractivity contribution in [1.29, 1.82) is 0 Å². The van der Waals surface area contributed by atoms with E-state index in [1.54, 1.807) is 5.32 Å². The maximum absolute atomic E-state index is 12.6. The number of aromatic nitrogens is 2. The summed E-state index contributed by atoms with van der Waals surface area (Å²) in [5.41, 5.74) is 4.59. The number of nitrogens with one attached hydrogen (secondary N) is 1. The Morgan fingerprint density at radius 2 is 2.11 bits per heavy atom. The third kappa shape index (κ3) is 3.18. The van der Waals surface area contributed by atoms with Gasteiger partial charge in [-0.15, -0.1) is 0 Å². The number of amides is 2. The summed E-state index contributed by atoms with van der Waals surface area (Å²) in [6.45, 7) is -0.332. The van der Waals surface area contributed by atoms with Crippen LogP contribution in [0.4, 0.5) is 23.2 Å². The summed E-state index contributed by atoms with van der Waals surface area (Å²) in [6.07, 6.45) is -2.19. The molecule has 0 fully saturated rings. The Morgan fingerprint density at radius 1 is 1.50 bits per heavy atom. The van der Waals surface area contributed by atoms with Crippen molar-refractivity contribution < 1.29 is 27.2 Å². The van der Waals surface area contributed by atoms with Gasteiger partial charge in [-0.25, -0.2) is 8.78 Å². The van der Waals surface area contributed by atoms with Gasteiger partial charge < -0.3 is 11.1 Å². The molecule has 1 aromatic rings. The van der Waals surface area contributed by atoms with E-state index in [2.05, 4.69) is 5.10 Å². The van der Waals surface area contributed by atoms with E-state index in [0.717, 1.165) is 17.1 Å². The molecule has 0 unspecified atom stereocenters. The fourth-order valence-electron chi connectivity index (χ4n) is 0.988. The summed E-state index contributed by atoms with van der Waals surface area (Å²) in [6, 6.07) is 0. The van der Waals surface area contributed by atoms with Gasteiger partial charge in [-0.2, -0.15) is 13.9 Å². The van der Waals surface area contributed by atoms with Crippen LogP contribution in [0, 0.1) is 0 Å². The van der Waals surface area contributed by atoms with E-state index in [9.17, 15) is 27.2 Å². The molecule has 0 atom stereocenters. The van der Waals surface area contributed by atoms with Crippen molar-refractivity contribution in [1.82, 2.24) is 9.78 Å². The van der Waals surface area contributed by atoms with Crippen LogP contribution in [-0.4, -0.2) is 33.9 Å². The van der Waals surface area contributed by atoms with Crippen molar-refractivity contribution in [3.63, 3.8) is 0 Å². The monoisotopic (exact) mass is 268 g/mol. The molecule has 0 spiro atoms. The molecule has 0 radical (unpaired) electrons. The number of halogens is 4. The summed E-state index contributed by atoms with van der Waals surface area (Å²) in [5.74, 6) is -7.70. The van der Waals surface area contributed by atoms with Crippen LogP contribution in [0.3, 0.4) is 0 Å². The lowest BCUT2D eigenvalue weighted by molar-refractivity contribution is -0.163. The van der Waals surface area contributed by atoms with Crippen molar-refractivity contribution in [3.8, 4) is 0 Å². The molecule has 0 saturated heterocycles. The second-order valence-electron chi connectivity index (χ2n) is 3.27. The first-order chi connectivity index (χ1) is 8.23. The van der Waals surface area contributed by atoms with Crippen LogP contribution in [-0.2, 0) is 16.1 Å². The third-order valence-electron chi connectivity index (χ3n) is 1.79. The fraction of sp³-hybridized carbons (Fsp3) is 0.375. The minimum Gasteiger partial charge on any atom is -0.368 e. The first-order valence-electron chi connectivity index (χ1n) is 4.51. The van der Waals surface area contributed by atoms with Gasteiger partial charge in [0.25, 0.3) is 0 Å². The van der Waals surface area contributed by atoms with Crippen molar-refractivity contribution in [2.24, 2.45) is 5.73 Å². The molecular weight excluding hydrogens is 260 g/mol. The van der Waals surface area contributed by atoms with E-state index in [0.29, 0.717) is 0 Å². The molecule has 1 aromatic heterocycles. The number of alkyl halides is 4. The quantitative estimate of drug-likeness (QED) is 0.748. The van der Waals surface area contributed by atoms with Crippen LogP contribution in [0.2, 0.25) is 0 Å². The van der Waals surface area contributed by atoms with Crippen LogP contribution in [0.5, 0.6) is 0 Å². The molecule has 100 valence electrons. The molecule has 0 aliphatic rings. The molecular formula is C8H8F4N4O2. The van der Waals surface area contributed by atoms with Gasteiger partial charge in [-0.3, -0.25) is 14.3 Å². The molecule has 0 saturated carbocycles. The average Bonchev–Trinajstić information content (AvgIpc) is 2.64. The van der Waals surface area contributed by atoms with Crippen molar-refractivity contribution in [2.45, 2.75) is 18.9 Å². The van der Waals surface area contributed by atoms with Crippen molar-refractivity contribution in [3.05, 3.63) is 12.4 Å². The number of hydrogen-bond donors (Lipinski definition) is 2. The van der Waals surface area contributed by atoms with Gasteiger partial charge >= 0.3 is 18.3 Å². The smallest absolute Gasteiger partial charge is 0.368 e. The lowest BCUT2D eigenvalue weighted by Gasteiger charge is -2.13. The number of primary amides is 1. The molecule has 0 aromatic carbocycles. The van der Waals surface area contributed by atoms with Gasteiger partial charge in [-0.05, 0) is 0 Å². The lowest BCUT2D eigenvalue weighted by atomic mass is 10.3. The predicted octanol–water partition coefficient (Wildman–Crippen LogP) is 0.207. The van der Waals surface area contributed by atoms with E-state index in [1.165, 1.54) is 0 Å². The number of carbonyl (C=O) groups excluding carboxylic acids is 2. The SMILES string of the molecule is NC(=O)Cn1cc(NC(=O)C(F)(F)C(F)F)cn1. The Kier molecular flexibility index (Phi) is 3.89. The van der Waals surface area contributed by atoms with Gasteiger partial charge in [-0.1, -0.05) is 0 Å². The Labute approximate surface area is 97.7 Å². The zero-order valence-corrected chi connectivity index (χ0v) is 8.74. The molecule has 0 aliphatic carbocycles. The molecule has 6 nitrogen and oxygen atoms in total. The van der Waals surface area contributed by atoms with Crippen LogP contribution in [0.1, 0.15) is 0 Å². The topological polar surface area (TPSA) is 90.0 Å². The second-order valence-corrected chi connectivity index (χ2v) is 3.27. The maximum atomic E-state index is 12.6. The van der Waals surface area contributed by atoms with E-state index in [-0.39, 0.29) is 12.2 Å². The zero-order chi connectivity index (χ0) is 13.9. The number of hydrogen-bond acceptors (Lipinski definition) is 3. The van der Waals surface area contributed by atoms with E-state index in [1.807, 2.05) is 0 Å². The summed E-state index contributed by atoms with van der Waals surface area (Å²) < 4.78 is 49.8. The second kappa shape index (κ2) is 5.02. The Hall–Kier alpha value is -2.13. The third-order valence-corrected chi connectivity index (χ3v) is 1.79. The summed E-state index contributed by atoms with van der Waals surface area (Å²) in [5, 5.41) is 5.06. The molecule has 1 heterocycles. The molecule has 0 aliphatic heterocycles. The molecule has 2 amide bonds. The number of nitrogens with zero attached hydrogens (tertiary/aromatic N) is 2. The van der Waals surface area contributed by atoms with Crippen molar-refractivity contribution >= 4 is 17.5 Å². The number of rotatable bonds is 5. The Bertz CT molecular complexity index is 460. The standard InChI is InChI=1S/C8H8F4N4O2/c9-6(10)8(11,12)7(18)15-4-1-14-16(2-4)3-5(13)17/h1-2,6H,3H2,(H2,13,17)(H,15,18). The van der Waals surface area contributed by atoms with Gasteiger partial charge in [0.15, 0.2) is 0 Å². The molecule has 3 N–H and O–H groups in total. The van der Waals surface area contributed by atoms with Crippen LogP contribution in [0.15, 0.2) is 12.4 Å². The molecule has 10 heteroatoms. The van der Waals surface area contributed by atoms with Gasteiger partial charge in [0.05, 0.1) is 11.9 Å². The Balaban J connectivity index is 2.71. The highest BCUT2D eigenvalue weighted by atomic mass is 19.3. The summed E-state index contributed by atoms with van der Waals surface area (Å²) >= 11 is 0. The fourth-order valence-corrected chi connectivity index (χ4v) is 0.988. The largest absolute Gasteiger partial charge is 0.383 e. The van der Waals surface area contributed by atoms with Gasteiger partial charge in [0.2, 0.25) is 5.91 Å². The maximum Gasteiger partial charge on any atom is 0.383 e. The van der Waals surface area contributed by atoms with Crippen LogP contribution < -0.4 is 11.1 Å². The number of nitrogens with two attached hydrogens (primary N) is 1. The Morgan fingerprint density at radius 3 is 2.61 bits per heavy atom. The lowest BCUT2D eigenvalue weighted by Crippen LogP contribution is -2.40. The van der Waals surface area contributed by atoms with E-state index in [4.69, 9.17) is 5.73 Å². The number of anilines is 1. The summed E-state index contributed by atoms with van der Waals surface area (Å²) in [7, 11) is 0. The normalized spacial score (nSPS) is 11.6. The first kappa shape index (κ1) is 13.9. The first-order valence-corrected chi connectivity index (χ1v) is 4.51. The summed E-state index contributed by atoms with van der Waals surface area (Å²) in [4.78, 5) is 21.3. The van der Waals surface area contributed by atoms with Crippen molar-refractivity contribution in [2.75, 3.05) is 5.32 Å². The van der Waals surface area contributed by atoms with E-state index < -0.39 is 24.2 Å². The molecule has 18 heavy (non-hydrogen) atoms.